The van der Waals surface area contributed by atoms with Crippen molar-refractivity contribution in [3.63, 3.8) is 0 Å². The van der Waals surface area contributed by atoms with Crippen LogP contribution in [0.1, 0.15) is 17.2 Å². The second-order valence-electron chi connectivity index (χ2n) is 5.28. The lowest BCUT2D eigenvalue weighted by molar-refractivity contribution is -0.137. The number of carbonyl (C=O) groups excluding carboxylic acids is 1. The van der Waals surface area contributed by atoms with E-state index < -0.39 is 35.5 Å². The highest BCUT2D eigenvalue weighted by molar-refractivity contribution is 6.05. The Kier molecular flexibility index (Phi) is 3.60. The predicted octanol–water partition coefficient (Wildman–Crippen LogP) is 3.26. The van der Waals surface area contributed by atoms with Gasteiger partial charge in [0.25, 0.3) is 0 Å². The smallest absolute Gasteiger partial charge is 0.318 e. The molecule has 1 heterocycles. The van der Waals surface area contributed by atoms with Crippen molar-refractivity contribution in [2.75, 3.05) is 4.90 Å². The molecule has 2 aromatic rings. The fourth-order valence-electron chi connectivity index (χ4n) is 2.65. The van der Waals surface area contributed by atoms with Crippen molar-refractivity contribution in [2.45, 2.75) is 18.3 Å². The van der Waals surface area contributed by atoms with Gasteiger partial charge in [-0.1, -0.05) is 18.2 Å². The van der Waals surface area contributed by atoms with Gasteiger partial charge in [-0.2, -0.15) is 13.2 Å². The molecule has 3 nitrogen and oxygen atoms in total. The highest BCUT2D eigenvalue weighted by Gasteiger charge is 2.46. The molecule has 0 saturated carbocycles. The molecule has 3 rings (SSSR count). The average Bonchev–Trinajstić information content (AvgIpc) is 2.50. The molecule has 23 heavy (non-hydrogen) atoms. The summed E-state index contributed by atoms with van der Waals surface area (Å²) < 4.78 is 51.2. The molecule has 1 amide bonds. The lowest BCUT2D eigenvalue weighted by atomic mass is 9.88. The second kappa shape index (κ2) is 5.34. The number of hydrogen-bond donors (Lipinski definition) is 1. The van der Waals surface area contributed by atoms with Gasteiger partial charge in [-0.25, -0.2) is 4.39 Å². The van der Waals surface area contributed by atoms with Crippen molar-refractivity contribution in [2.24, 2.45) is 5.73 Å². The zero-order valence-corrected chi connectivity index (χ0v) is 11.7. The maximum absolute atomic E-state index is 13.3. The Morgan fingerprint density at radius 1 is 1.04 bits per heavy atom. The number of halogens is 4. The zero-order chi connectivity index (χ0) is 16.8. The molecule has 2 N–H and O–H groups in total. The van der Waals surface area contributed by atoms with E-state index in [-0.39, 0.29) is 0 Å². The van der Waals surface area contributed by atoms with Crippen molar-refractivity contribution in [1.29, 1.82) is 0 Å². The van der Waals surface area contributed by atoms with Crippen molar-refractivity contribution >= 4 is 11.6 Å². The average molecular weight is 324 g/mol. The van der Waals surface area contributed by atoms with Crippen molar-refractivity contribution in [1.82, 2.24) is 0 Å². The molecule has 1 aliphatic heterocycles. The topological polar surface area (TPSA) is 46.3 Å². The Balaban J connectivity index is 1.93. The Morgan fingerprint density at radius 3 is 2.26 bits per heavy atom. The van der Waals surface area contributed by atoms with Crippen LogP contribution in [0.15, 0.2) is 48.5 Å². The summed E-state index contributed by atoms with van der Waals surface area (Å²) in [6.07, 6.45) is -4.43. The minimum absolute atomic E-state index is 0.321. The largest absolute Gasteiger partial charge is 0.416 e. The van der Waals surface area contributed by atoms with Gasteiger partial charge >= 0.3 is 6.18 Å². The molecule has 1 fully saturated rings. The van der Waals surface area contributed by atoms with Crippen LogP contribution in [0.2, 0.25) is 0 Å². The van der Waals surface area contributed by atoms with E-state index in [9.17, 15) is 22.4 Å². The van der Waals surface area contributed by atoms with Gasteiger partial charge in [-0.05, 0) is 35.9 Å². The molecule has 2 aromatic carbocycles. The minimum atomic E-state index is -4.43. The Hall–Kier alpha value is -2.41. The van der Waals surface area contributed by atoms with Crippen molar-refractivity contribution < 1.29 is 22.4 Å². The van der Waals surface area contributed by atoms with E-state index in [1.807, 2.05) is 0 Å². The van der Waals surface area contributed by atoms with Crippen molar-refractivity contribution in [3.05, 3.63) is 65.5 Å². The Labute approximate surface area is 129 Å². The number of nitrogens with two attached hydrogens (primary N) is 1. The van der Waals surface area contributed by atoms with E-state index in [4.69, 9.17) is 5.73 Å². The first-order valence-corrected chi connectivity index (χ1v) is 6.80. The van der Waals surface area contributed by atoms with Crippen LogP contribution in [0.5, 0.6) is 0 Å². The highest BCUT2D eigenvalue weighted by Crippen LogP contribution is 2.39. The molecule has 0 aliphatic carbocycles. The summed E-state index contributed by atoms with van der Waals surface area (Å²) in [6, 6.07) is 8.38. The summed E-state index contributed by atoms with van der Waals surface area (Å²) in [7, 11) is 0. The maximum atomic E-state index is 13.3. The van der Waals surface area contributed by atoms with Gasteiger partial charge in [0.05, 0.1) is 11.6 Å². The molecule has 0 radical (unpaired) electrons. The second-order valence-corrected chi connectivity index (χ2v) is 5.28. The van der Waals surface area contributed by atoms with Gasteiger partial charge in [0.2, 0.25) is 5.91 Å². The highest BCUT2D eigenvalue weighted by atomic mass is 19.4. The van der Waals surface area contributed by atoms with Crippen LogP contribution in [0.3, 0.4) is 0 Å². The number of β-lactam (4-membered cyclic amide) rings is 1. The van der Waals surface area contributed by atoms with E-state index in [1.54, 1.807) is 6.07 Å². The monoisotopic (exact) mass is 324 g/mol. The summed E-state index contributed by atoms with van der Waals surface area (Å²) in [6.45, 7) is 0. The lowest BCUT2D eigenvalue weighted by Gasteiger charge is -2.45. The van der Waals surface area contributed by atoms with Crippen LogP contribution in [0, 0.1) is 5.82 Å². The molecular weight excluding hydrogens is 312 g/mol. The first-order chi connectivity index (χ1) is 10.8. The number of carbonyl (C=O) groups is 1. The fraction of sp³-hybridized carbons (Fsp3) is 0.188. The zero-order valence-electron chi connectivity index (χ0n) is 11.7. The lowest BCUT2D eigenvalue weighted by Crippen LogP contribution is -2.63. The summed E-state index contributed by atoms with van der Waals surface area (Å²) >= 11 is 0. The molecule has 2 unspecified atom stereocenters. The Bertz CT molecular complexity index is 742. The minimum Gasteiger partial charge on any atom is -0.318 e. The number of benzene rings is 2. The SMILES string of the molecule is NC1C(=O)N(c2cccc(F)c2)C1c1ccc(C(F)(F)F)cc1. The van der Waals surface area contributed by atoms with Crippen LogP contribution < -0.4 is 10.6 Å². The summed E-state index contributed by atoms with van der Waals surface area (Å²) in [5.74, 6) is -0.914. The molecule has 0 bridgehead atoms. The third kappa shape index (κ3) is 2.68. The summed E-state index contributed by atoms with van der Waals surface area (Å²) in [5, 5.41) is 0. The fourth-order valence-corrected chi connectivity index (χ4v) is 2.65. The van der Waals surface area contributed by atoms with Gasteiger partial charge in [0.1, 0.15) is 11.9 Å². The van der Waals surface area contributed by atoms with Crippen LogP contribution >= 0.6 is 0 Å². The standard InChI is InChI=1S/C16H12F4N2O/c17-11-2-1-3-12(8-11)22-14(13(21)15(22)23)9-4-6-10(7-5-9)16(18,19)20/h1-8,13-14H,21H2. The maximum Gasteiger partial charge on any atom is 0.416 e. The third-order valence-electron chi connectivity index (χ3n) is 3.81. The molecule has 2 atom stereocenters. The summed E-state index contributed by atoms with van der Waals surface area (Å²) in [5.41, 5.74) is 5.79. The molecule has 7 heteroatoms. The molecular formula is C16H12F4N2O. The van der Waals surface area contributed by atoms with Crippen molar-refractivity contribution in [3.8, 4) is 0 Å². The molecule has 1 saturated heterocycles. The van der Waals surface area contributed by atoms with E-state index in [0.29, 0.717) is 11.3 Å². The van der Waals surface area contributed by atoms with Gasteiger partial charge in [-0.15, -0.1) is 0 Å². The molecule has 0 spiro atoms. The quantitative estimate of drug-likeness (QED) is 0.681. The van der Waals surface area contributed by atoms with Gasteiger partial charge < -0.3 is 10.6 Å². The van der Waals surface area contributed by atoms with Gasteiger partial charge in [0, 0.05) is 5.69 Å². The number of anilines is 1. The first kappa shape index (κ1) is 15.5. The molecule has 120 valence electrons. The number of nitrogens with zero attached hydrogens (tertiary/aromatic N) is 1. The number of amides is 1. The normalized spacial score (nSPS) is 21.3. The van der Waals surface area contributed by atoms with E-state index in [0.717, 1.165) is 12.1 Å². The van der Waals surface area contributed by atoms with E-state index >= 15 is 0 Å². The Morgan fingerprint density at radius 2 is 1.70 bits per heavy atom. The van der Waals surface area contributed by atoms with Crippen LogP contribution in [0.4, 0.5) is 23.2 Å². The van der Waals surface area contributed by atoms with Crippen LogP contribution in [-0.2, 0) is 11.0 Å². The van der Waals surface area contributed by atoms with Crippen LogP contribution in [0.25, 0.3) is 0 Å². The number of alkyl halides is 3. The molecule has 1 aliphatic rings. The van der Waals surface area contributed by atoms with E-state index in [1.165, 1.54) is 35.2 Å². The van der Waals surface area contributed by atoms with Gasteiger partial charge in [0.15, 0.2) is 0 Å². The van der Waals surface area contributed by atoms with Gasteiger partial charge in [-0.3, -0.25) is 4.79 Å². The number of rotatable bonds is 2. The van der Waals surface area contributed by atoms with E-state index in [2.05, 4.69) is 0 Å². The summed E-state index contributed by atoms with van der Waals surface area (Å²) in [4.78, 5) is 13.3. The number of hydrogen-bond acceptors (Lipinski definition) is 2. The van der Waals surface area contributed by atoms with Crippen LogP contribution in [-0.4, -0.2) is 11.9 Å². The third-order valence-corrected chi connectivity index (χ3v) is 3.81. The molecule has 0 aromatic heterocycles. The predicted molar refractivity (Wildman–Crippen MR) is 76.0 cm³/mol. The first-order valence-electron chi connectivity index (χ1n) is 6.80.